The number of nitrogens with one attached hydrogen (secondary N) is 1. The van der Waals surface area contributed by atoms with Crippen molar-refractivity contribution in [1.82, 2.24) is 0 Å². The minimum absolute atomic E-state index is 0.218. The molecule has 1 N–H and O–H groups in total. The van der Waals surface area contributed by atoms with E-state index in [4.69, 9.17) is 14.2 Å². The number of hydrogen-bond acceptors (Lipinski definition) is 5. The molecule has 1 amide bonds. The van der Waals surface area contributed by atoms with E-state index >= 15 is 0 Å². The van der Waals surface area contributed by atoms with Gasteiger partial charge in [0.25, 0.3) is 0 Å². The number of methoxy groups -OCH3 is 3. The summed E-state index contributed by atoms with van der Waals surface area (Å²) in [5.41, 5.74) is 2.91. The summed E-state index contributed by atoms with van der Waals surface area (Å²) in [6, 6.07) is 6.80. The lowest BCUT2D eigenvalue weighted by Gasteiger charge is -2.17. The van der Waals surface area contributed by atoms with Gasteiger partial charge in [-0.3, -0.25) is 9.59 Å². The topological polar surface area (TPSA) is 73.9 Å². The molecule has 138 valence electrons. The van der Waals surface area contributed by atoms with Gasteiger partial charge in [-0.15, -0.1) is 0 Å². The van der Waals surface area contributed by atoms with Crippen LogP contribution in [0.25, 0.3) is 0 Å². The number of anilines is 1. The summed E-state index contributed by atoms with van der Waals surface area (Å²) in [7, 11) is 4.53. The van der Waals surface area contributed by atoms with Crippen molar-refractivity contribution in [1.29, 1.82) is 0 Å². The van der Waals surface area contributed by atoms with Crippen molar-refractivity contribution < 1.29 is 23.8 Å². The van der Waals surface area contributed by atoms with E-state index in [1.54, 1.807) is 31.4 Å². The normalized spacial score (nSPS) is 10.2. The van der Waals surface area contributed by atoms with Gasteiger partial charge in [-0.25, -0.2) is 0 Å². The molecule has 2 rings (SSSR count). The fourth-order valence-corrected chi connectivity index (χ4v) is 2.98. The molecule has 0 unspecified atom stereocenters. The van der Waals surface area contributed by atoms with Gasteiger partial charge in [-0.2, -0.15) is 0 Å². The van der Waals surface area contributed by atoms with Crippen molar-refractivity contribution in [3.8, 4) is 17.2 Å². The summed E-state index contributed by atoms with van der Waals surface area (Å²) in [6.07, 6.45) is 0. The van der Waals surface area contributed by atoms with Crippen LogP contribution in [0.4, 0.5) is 5.69 Å². The monoisotopic (exact) mass is 357 g/mol. The van der Waals surface area contributed by atoms with Crippen molar-refractivity contribution in [2.24, 2.45) is 0 Å². The first-order valence-corrected chi connectivity index (χ1v) is 8.06. The van der Waals surface area contributed by atoms with Crippen molar-refractivity contribution in [2.45, 2.75) is 20.8 Å². The maximum atomic E-state index is 13.1. The van der Waals surface area contributed by atoms with Crippen molar-refractivity contribution in [2.75, 3.05) is 26.6 Å². The predicted molar refractivity (Wildman–Crippen MR) is 99.8 cm³/mol. The van der Waals surface area contributed by atoms with E-state index in [-0.39, 0.29) is 17.4 Å². The number of benzene rings is 2. The largest absolute Gasteiger partial charge is 0.496 e. The number of rotatable bonds is 6. The molecular formula is C20H23NO5. The molecule has 0 bridgehead atoms. The highest BCUT2D eigenvalue weighted by Crippen LogP contribution is 2.39. The van der Waals surface area contributed by atoms with Crippen LogP contribution in [0.1, 0.15) is 34.0 Å². The zero-order valence-electron chi connectivity index (χ0n) is 15.9. The van der Waals surface area contributed by atoms with Gasteiger partial charge in [-0.1, -0.05) is 0 Å². The van der Waals surface area contributed by atoms with E-state index in [9.17, 15) is 9.59 Å². The molecular weight excluding hydrogens is 334 g/mol. The molecule has 0 radical (unpaired) electrons. The Balaban J connectivity index is 2.61. The number of ketones is 1. The molecule has 0 saturated heterocycles. The van der Waals surface area contributed by atoms with Gasteiger partial charge in [0.2, 0.25) is 5.91 Å². The molecule has 0 saturated carbocycles. The average molecular weight is 357 g/mol. The van der Waals surface area contributed by atoms with E-state index < -0.39 is 0 Å². The summed E-state index contributed by atoms with van der Waals surface area (Å²) in [4.78, 5) is 24.6. The second-order valence-corrected chi connectivity index (χ2v) is 5.88. The third-order valence-corrected chi connectivity index (χ3v) is 4.02. The minimum atomic E-state index is -0.290. The number of aryl methyl sites for hydroxylation is 2. The first-order chi connectivity index (χ1) is 12.3. The molecule has 26 heavy (non-hydrogen) atoms. The smallest absolute Gasteiger partial charge is 0.221 e. The van der Waals surface area contributed by atoms with E-state index in [0.29, 0.717) is 22.6 Å². The van der Waals surface area contributed by atoms with Gasteiger partial charge in [0.05, 0.1) is 26.9 Å². The number of ether oxygens (including phenoxy) is 3. The fourth-order valence-electron chi connectivity index (χ4n) is 2.98. The fraction of sp³-hybridized carbons (Fsp3) is 0.300. The molecule has 0 aliphatic heterocycles. The van der Waals surface area contributed by atoms with Gasteiger partial charge in [0.1, 0.15) is 17.2 Å². The van der Waals surface area contributed by atoms with Crippen molar-refractivity contribution >= 4 is 17.4 Å². The maximum absolute atomic E-state index is 13.1. The van der Waals surface area contributed by atoms with Crippen LogP contribution < -0.4 is 19.5 Å². The zero-order valence-corrected chi connectivity index (χ0v) is 15.9. The molecule has 0 aromatic heterocycles. The van der Waals surface area contributed by atoms with Crippen LogP contribution in [0.3, 0.4) is 0 Å². The molecule has 6 nitrogen and oxygen atoms in total. The number of carbonyl (C=O) groups is 2. The Morgan fingerprint density at radius 2 is 1.46 bits per heavy atom. The van der Waals surface area contributed by atoms with Crippen molar-refractivity contribution in [3.63, 3.8) is 0 Å². The van der Waals surface area contributed by atoms with Gasteiger partial charge >= 0.3 is 0 Å². The predicted octanol–water partition coefficient (Wildman–Crippen LogP) is 3.52. The van der Waals surface area contributed by atoms with Crippen LogP contribution in [0.5, 0.6) is 17.2 Å². The highest BCUT2D eigenvalue weighted by molar-refractivity contribution is 6.13. The zero-order chi connectivity index (χ0) is 19.4. The second kappa shape index (κ2) is 7.91. The van der Waals surface area contributed by atoms with Crippen LogP contribution >= 0.6 is 0 Å². The summed E-state index contributed by atoms with van der Waals surface area (Å²) in [5.74, 6) is 0.917. The Morgan fingerprint density at radius 3 is 1.92 bits per heavy atom. The Labute approximate surface area is 153 Å². The van der Waals surface area contributed by atoms with Crippen LogP contribution in [0, 0.1) is 13.8 Å². The van der Waals surface area contributed by atoms with Crippen LogP contribution in [-0.4, -0.2) is 33.0 Å². The van der Waals surface area contributed by atoms with E-state index in [2.05, 4.69) is 5.32 Å². The van der Waals surface area contributed by atoms with E-state index in [1.807, 2.05) is 13.8 Å². The lowest BCUT2D eigenvalue weighted by molar-refractivity contribution is -0.114. The van der Waals surface area contributed by atoms with Crippen LogP contribution in [-0.2, 0) is 4.79 Å². The van der Waals surface area contributed by atoms with Gasteiger partial charge in [-0.05, 0) is 49.2 Å². The Bertz CT molecular complexity index is 835. The molecule has 2 aromatic carbocycles. The van der Waals surface area contributed by atoms with E-state index in [0.717, 1.165) is 16.9 Å². The first kappa shape index (κ1) is 19.3. The van der Waals surface area contributed by atoms with Crippen LogP contribution in [0.2, 0.25) is 0 Å². The second-order valence-electron chi connectivity index (χ2n) is 5.88. The quantitative estimate of drug-likeness (QED) is 0.801. The lowest BCUT2D eigenvalue weighted by Crippen LogP contribution is -2.12. The standard InChI is InChI=1S/C20H23NO5/c1-11-9-14(10-12(2)19(11)25-5)18(23)15-7-8-16(24-4)17(20(15)26-6)21-13(3)22/h7-10H,1-6H3,(H,21,22). The molecule has 6 heteroatoms. The maximum Gasteiger partial charge on any atom is 0.221 e. The Kier molecular flexibility index (Phi) is 5.87. The molecule has 2 aromatic rings. The Morgan fingerprint density at radius 1 is 0.885 bits per heavy atom. The molecule has 0 heterocycles. The first-order valence-electron chi connectivity index (χ1n) is 8.06. The Hall–Kier alpha value is -3.02. The highest BCUT2D eigenvalue weighted by atomic mass is 16.5. The number of hydrogen-bond donors (Lipinski definition) is 1. The minimum Gasteiger partial charge on any atom is -0.496 e. The van der Waals surface area contributed by atoms with Gasteiger partial charge < -0.3 is 19.5 Å². The van der Waals surface area contributed by atoms with Crippen LogP contribution in [0.15, 0.2) is 24.3 Å². The SMILES string of the molecule is COc1ccc(C(=O)c2cc(C)c(OC)c(C)c2)c(OC)c1NC(C)=O. The number of carbonyl (C=O) groups excluding carboxylic acids is 2. The van der Waals surface area contributed by atoms with Gasteiger partial charge in [0, 0.05) is 12.5 Å². The summed E-state index contributed by atoms with van der Waals surface area (Å²) in [5, 5.41) is 2.67. The average Bonchev–Trinajstić information content (AvgIpc) is 2.59. The number of amides is 1. The molecule has 0 atom stereocenters. The molecule has 0 fully saturated rings. The lowest BCUT2D eigenvalue weighted by atomic mass is 9.97. The highest BCUT2D eigenvalue weighted by Gasteiger charge is 2.22. The molecule has 0 spiro atoms. The summed E-state index contributed by atoms with van der Waals surface area (Å²) in [6.45, 7) is 5.15. The summed E-state index contributed by atoms with van der Waals surface area (Å²) >= 11 is 0. The third-order valence-electron chi connectivity index (χ3n) is 4.02. The van der Waals surface area contributed by atoms with Gasteiger partial charge in [0.15, 0.2) is 11.5 Å². The molecule has 0 aliphatic rings. The van der Waals surface area contributed by atoms with Crippen molar-refractivity contribution in [3.05, 3.63) is 46.5 Å². The summed E-state index contributed by atoms with van der Waals surface area (Å²) < 4.78 is 16.1. The molecule has 0 aliphatic carbocycles. The van der Waals surface area contributed by atoms with E-state index in [1.165, 1.54) is 21.1 Å². The third kappa shape index (κ3) is 3.64.